The monoisotopic (exact) mass is 430 g/mol. The molecule has 0 unspecified atom stereocenters. The quantitative estimate of drug-likeness (QED) is 0.743. The van der Waals surface area contributed by atoms with Gasteiger partial charge in [-0.2, -0.15) is 0 Å². The van der Waals surface area contributed by atoms with Crippen LogP contribution in [0.4, 0.5) is 15.3 Å². The van der Waals surface area contributed by atoms with Crippen LogP contribution in [0, 0.1) is 0 Å². The van der Waals surface area contributed by atoms with Crippen LogP contribution in [0.5, 0.6) is 0 Å². The largest absolute Gasteiger partial charge is 0.444 e. The van der Waals surface area contributed by atoms with E-state index in [1.807, 2.05) is 42.7 Å². The molecule has 2 saturated heterocycles. The molecule has 0 atom stereocenters. The van der Waals surface area contributed by atoms with Crippen molar-refractivity contribution in [3.05, 3.63) is 29.8 Å². The molecule has 2 aliphatic heterocycles. The summed E-state index contributed by atoms with van der Waals surface area (Å²) < 4.78 is 5.42. The van der Waals surface area contributed by atoms with Gasteiger partial charge in [-0.3, -0.25) is 4.79 Å². The van der Waals surface area contributed by atoms with E-state index in [2.05, 4.69) is 12.2 Å². The molecule has 3 amide bonds. The zero-order valence-corrected chi connectivity index (χ0v) is 19.0. The van der Waals surface area contributed by atoms with E-state index in [1.54, 1.807) is 17.0 Å². The van der Waals surface area contributed by atoms with E-state index < -0.39 is 5.60 Å². The van der Waals surface area contributed by atoms with Crippen LogP contribution < -0.4 is 5.32 Å². The number of hydrogen-bond acceptors (Lipinski definition) is 5. The molecule has 170 valence electrons. The van der Waals surface area contributed by atoms with E-state index in [9.17, 15) is 14.4 Å². The minimum absolute atomic E-state index is 0.0428. The SMILES string of the molecule is CC1(Nc2ccc(C=O)cc2)CCN(C(=O)N2CCN(C(=O)OC(C)(C)C)CC2)CC1. The van der Waals surface area contributed by atoms with Crippen molar-refractivity contribution < 1.29 is 19.1 Å². The van der Waals surface area contributed by atoms with Crippen molar-refractivity contribution in [1.29, 1.82) is 0 Å². The molecule has 1 aromatic rings. The van der Waals surface area contributed by atoms with Crippen molar-refractivity contribution in [3.8, 4) is 0 Å². The molecule has 0 bridgehead atoms. The number of amides is 3. The van der Waals surface area contributed by atoms with Gasteiger partial charge in [-0.15, -0.1) is 0 Å². The Morgan fingerprint density at radius 1 is 0.935 bits per heavy atom. The number of nitrogens with zero attached hydrogens (tertiary/aromatic N) is 3. The number of ether oxygens (including phenoxy) is 1. The first kappa shape index (κ1) is 22.9. The summed E-state index contributed by atoms with van der Waals surface area (Å²) in [5.74, 6) is 0. The number of benzene rings is 1. The molecule has 0 aliphatic carbocycles. The summed E-state index contributed by atoms with van der Waals surface area (Å²) in [7, 11) is 0. The van der Waals surface area contributed by atoms with Crippen LogP contribution in [0.2, 0.25) is 0 Å². The van der Waals surface area contributed by atoms with Crippen molar-refractivity contribution >= 4 is 24.1 Å². The van der Waals surface area contributed by atoms with Gasteiger partial charge in [0.05, 0.1) is 0 Å². The molecule has 8 nitrogen and oxygen atoms in total. The highest BCUT2D eigenvalue weighted by Crippen LogP contribution is 2.27. The van der Waals surface area contributed by atoms with Gasteiger partial charge in [-0.25, -0.2) is 9.59 Å². The highest BCUT2D eigenvalue weighted by atomic mass is 16.6. The van der Waals surface area contributed by atoms with Crippen LogP contribution in [0.1, 0.15) is 50.9 Å². The van der Waals surface area contributed by atoms with Crippen LogP contribution in [-0.4, -0.2) is 83.5 Å². The van der Waals surface area contributed by atoms with Gasteiger partial charge in [0.25, 0.3) is 0 Å². The highest BCUT2D eigenvalue weighted by Gasteiger charge is 2.35. The Morgan fingerprint density at radius 2 is 1.45 bits per heavy atom. The van der Waals surface area contributed by atoms with E-state index in [-0.39, 0.29) is 17.7 Å². The molecule has 0 spiro atoms. The molecule has 0 saturated carbocycles. The van der Waals surface area contributed by atoms with Crippen molar-refractivity contribution in [1.82, 2.24) is 14.7 Å². The second-order valence-electron chi connectivity index (χ2n) is 9.65. The first-order valence-corrected chi connectivity index (χ1v) is 10.9. The summed E-state index contributed by atoms with van der Waals surface area (Å²) in [4.78, 5) is 41.4. The first-order chi connectivity index (χ1) is 14.6. The van der Waals surface area contributed by atoms with E-state index in [0.717, 1.165) is 24.8 Å². The third kappa shape index (κ3) is 6.12. The fourth-order valence-electron chi connectivity index (χ4n) is 3.92. The molecular weight excluding hydrogens is 396 g/mol. The lowest BCUT2D eigenvalue weighted by Gasteiger charge is -2.43. The van der Waals surface area contributed by atoms with Crippen LogP contribution >= 0.6 is 0 Å². The molecular formula is C23H34N4O4. The molecule has 0 aromatic heterocycles. The standard InChI is InChI=1S/C23H34N4O4/c1-22(2,3)31-21(30)27-15-13-26(14-16-27)20(29)25-11-9-23(4,10-12-25)24-19-7-5-18(17-28)6-8-19/h5-8,17,24H,9-16H2,1-4H3. The maximum Gasteiger partial charge on any atom is 0.410 e. The van der Waals surface area contributed by atoms with Gasteiger partial charge in [0, 0.05) is 56.1 Å². The number of hydrogen-bond donors (Lipinski definition) is 1. The smallest absolute Gasteiger partial charge is 0.410 e. The third-order valence-electron chi connectivity index (χ3n) is 5.83. The Labute approximate surface area is 184 Å². The number of carbonyl (C=O) groups is 3. The van der Waals surface area contributed by atoms with Gasteiger partial charge in [0.15, 0.2) is 0 Å². The molecule has 2 aliphatic rings. The molecule has 1 N–H and O–H groups in total. The average Bonchev–Trinajstić information content (AvgIpc) is 2.73. The summed E-state index contributed by atoms with van der Waals surface area (Å²) in [6, 6.07) is 7.47. The Bertz CT molecular complexity index is 787. The topological polar surface area (TPSA) is 82.2 Å². The summed E-state index contributed by atoms with van der Waals surface area (Å²) >= 11 is 0. The lowest BCUT2D eigenvalue weighted by Crippen LogP contribution is -2.57. The van der Waals surface area contributed by atoms with E-state index >= 15 is 0 Å². The van der Waals surface area contributed by atoms with Crippen LogP contribution in [0.15, 0.2) is 24.3 Å². The van der Waals surface area contributed by atoms with Gasteiger partial charge in [-0.1, -0.05) is 0 Å². The summed E-state index contributed by atoms with van der Waals surface area (Å²) in [6.07, 6.45) is 2.20. The summed E-state index contributed by atoms with van der Waals surface area (Å²) in [5, 5.41) is 3.56. The fourth-order valence-corrected chi connectivity index (χ4v) is 3.92. The van der Waals surface area contributed by atoms with E-state index in [4.69, 9.17) is 4.74 Å². The lowest BCUT2D eigenvalue weighted by atomic mass is 9.89. The van der Waals surface area contributed by atoms with E-state index in [0.29, 0.717) is 44.8 Å². The number of aldehydes is 1. The predicted molar refractivity (Wildman–Crippen MR) is 119 cm³/mol. The Balaban J connectivity index is 1.47. The summed E-state index contributed by atoms with van der Waals surface area (Å²) in [5.41, 5.74) is 1.01. The number of rotatable bonds is 3. The van der Waals surface area contributed by atoms with Gasteiger partial charge in [0.2, 0.25) is 0 Å². The lowest BCUT2D eigenvalue weighted by molar-refractivity contribution is 0.0153. The van der Waals surface area contributed by atoms with Crippen LogP contribution in [0.25, 0.3) is 0 Å². The molecule has 2 fully saturated rings. The van der Waals surface area contributed by atoms with Crippen LogP contribution in [0.3, 0.4) is 0 Å². The molecule has 3 rings (SSSR count). The first-order valence-electron chi connectivity index (χ1n) is 10.9. The zero-order chi connectivity index (χ0) is 22.6. The molecule has 0 radical (unpaired) electrons. The molecule has 8 heteroatoms. The number of nitrogens with one attached hydrogen (secondary N) is 1. The second kappa shape index (κ2) is 9.16. The minimum Gasteiger partial charge on any atom is -0.444 e. The number of anilines is 1. The minimum atomic E-state index is -0.519. The number of urea groups is 1. The average molecular weight is 431 g/mol. The van der Waals surface area contributed by atoms with Gasteiger partial charge in [0.1, 0.15) is 11.9 Å². The maximum atomic E-state index is 13.0. The second-order valence-corrected chi connectivity index (χ2v) is 9.65. The Kier molecular flexibility index (Phi) is 6.77. The Hall–Kier alpha value is -2.77. The van der Waals surface area contributed by atoms with Gasteiger partial charge < -0.3 is 24.8 Å². The van der Waals surface area contributed by atoms with Crippen molar-refractivity contribution in [2.24, 2.45) is 0 Å². The molecule has 31 heavy (non-hydrogen) atoms. The third-order valence-corrected chi connectivity index (χ3v) is 5.83. The summed E-state index contributed by atoms with van der Waals surface area (Å²) in [6.45, 7) is 11.1. The molecule has 1 aromatic carbocycles. The Morgan fingerprint density at radius 3 is 1.97 bits per heavy atom. The number of likely N-dealkylation sites (tertiary alicyclic amines) is 1. The van der Waals surface area contributed by atoms with Crippen molar-refractivity contribution in [2.45, 2.75) is 51.7 Å². The molecule has 2 heterocycles. The normalized spacial score (nSPS) is 19.0. The number of carbonyl (C=O) groups excluding carboxylic acids is 3. The van der Waals surface area contributed by atoms with Gasteiger partial charge >= 0.3 is 12.1 Å². The van der Waals surface area contributed by atoms with Crippen LogP contribution in [-0.2, 0) is 4.74 Å². The van der Waals surface area contributed by atoms with Crippen molar-refractivity contribution in [2.75, 3.05) is 44.6 Å². The highest BCUT2D eigenvalue weighted by molar-refractivity contribution is 5.76. The predicted octanol–water partition coefficient (Wildman–Crippen LogP) is 3.44. The zero-order valence-electron chi connectivity index (χ0n) is 19.0. The van der Waals surface area contributed by atoms with E-state index in [1.165, 1.54) is 0 Å². The van der Waals surface area contributed by atoms with Gasteiger partial charge in [-0.05, 0) is 64.8 Å². The van der Waals surface area contributed by atoms with Crippen molar-refractivity contribution in [3.63, 3.8) is 0 Å². The maximum absolute atomic E-state index is 13.0. The fraction of sp³-hybridized carbons (Fsp3) is 0.609. The number of piperazine rings is 1. The number of piperidine rings is 1.